The zero-order chi connectivity index (χ0) is 43.7. The number of para-hydroxylation sites is 2. The van der Waals surface area contributed by atoms with Crippen LogP contribution in [-0.4, -0.2) is 9.13 Å². The highest BCUT2D eigenvalue weighted by molar-refractivity contribution is 6.13. The minimum Gasteiger partial charge on any atom is -0.309 e. The Labute approximate surface area is 384 Å². The first-order chi connectivity index (χ1) is 32.5. The third kappa shape index (κ3) is 4.96. The van der Waals surface area contributed by atoms with Crippen LogP contribution < -0.4 is 0 Å². The number of hydrogen-bond acceptors (Lipinski definition) is 0. The van der Waals surface area contributed by atoms with E-state index in [1.165, 1.54) is 116 Å². The van der Waals surface area contributed by atoms with Gasteiger partial charge in [0.15, 0.2) is 0 Å². The average Bonchev–Trinajstić information content (AvgIpc) is 4.06. The Kier molecular flexibility index (Phi) is 7.70. The van der Waals surface area contributed by atoms with E-state index in [9.17, 15) is 0 Å². The third-order valence-electron chi connectivity index (χ3n) is 15.2. The molecule has 0 amide bonds. The van der Waals surface area contributed by atoms with Crippen molar-refractivity contribution >= 4 is 43.6 Å². The molecule has 2 aromatic heterocycles. The molecule has 0 fully saturated rings. The van der Waals surface area contributed by atoms with Crippen LogP contribution in [0.2, 0.25) is 0 Å². The normalized spacial score (nSPS) is 14.2. The molecule has 66 heavy (non-hydrogen) atoms. The van der Waals surface area contributed by atoms with E-state index in [2.05, 4.69) is 254 Å². The maximum Gasteiger partial charge on any atom is 0.0713 e. The molecule has 0 unspecified atom stereocenters. The van der Waals surface area contributed by atoms with Crippen LogP contribution in [0.5, 0.6) is 0 Å². The van der Waals surface area contributed by atoms with Crippen molar-refractivity contribution in [2.45, 2.75) is 24.7 Å². The predicted molar refractivity (Wildman–Crippen MR) is 275 cm³/mol. The molecule has 14 rings (SSSR count). The molecule has 2 heteroatoms. The van der Waals surface area contributed by atoms with Gasteiger partial charge in [0.05, 0.1) is 27.5 Å². The van der Waals surface area contributed by atoms with Crippen molar-refractivity contribution in [3.05, 3.63) is 264 Å². The first-order valence-corrected chi connectivity index (χ1v) is 23.2. The summed E-state index contributed by atoms with van der Waals surface area (Å²) in [5.74, 6) is 0. The van der Waals surface area contributed by atoms with Gasteiger partial charge in [0.1, 0.15) is 0 Å². The van der Waals surface area contributed by atoms with E-state index in [-0.39, 0.29) is 5.41 Å². The summed E-state index contributed by atoms with van der Waals surface area (Å²) in [7, 11) is 0. The fraction of sp³-hybridized carbons (Fsp3) is 0.0625. The zero-order valence-electron chi connectivity index (χ0n) is 36.8. The van der Waals surface area contributed by atoms with Gasteiger partial charge in [-0.2, -0.15) is 0 Å². The molecule has 2 heterocycles. The molecule has 0 radical (unpaired) electrons. The number of aromatic nitrogens is 2. The number of nitrogens with zero attached hydrogens (tertiary/aromatic N) is 2. The molecule has 2 nitrogen and oxygen atoms in total. The summed E-state index contributed by atoms with van der Waals surface area (Å²) in [5.41, 5.74) is 22.4. The van der Waals surface area contributed by atoms with Crippen molar-refractivity contribution in [2.75, 3.05) is 0 Å². The van der Waals surface area contributed by atoms with Crippen LogP contribution in [0.25, 0.3) is 88.4 Å². The zero-order valence-corrected chi connectivity index (χ0v) is 36.8. The molecule has 0 spiro atoms. The predicted octanol–water partition coefficient (Wildman–Crippen LogP) is 16.2. The molecule has 0 N–H and O–H groups in total. The molecule has 10 aromatic carbocycles. The van der Waals surface area contributed by atoms with E-state index >= 15 is 0 Å². The Morgan fingerprint density at radius 1 is 0.288 bits per heavy atom. The third-order valence-corrected chi connectivity index (χ3v) is 15.2. The molecule has 12 aromatic rings. The van der Waals surface area contributed by atoms with E-state index in [0.29, 0.717) is 0 Å². The van der Waals surface area contributed by atoms with Crippen LogP contribution in [-0.2, 0) is 10.8 Å². The van der Waals surface area contributed by atoms with Crippen LogP contribution in [0.15, 0.2) is 231 Å². The largest absolute Gasteiger partial charge is 0.309 e. The lowest BCUT2D eigenvalue weighted by molar-refractivity contribution is 0.660. The minimum atomic E-state index is -0.430. The lowest BCUT2D eigenvalue weighted by Crippen LogP contribution is -2.28. The smallest absolute Gasteiger partial charge is 0.0713 e. The highest BCUT2D eigenvalue weighted by Crippen LogP contribution is 2.57. The summed E-state index contributed by atoms with van der Waals surface area (Å²) in [5, 5.41) is 5.01. The number of hydrogen-bond donors (Lipinski definition) is 0. The summed E-state index contributed by atoms with van der Waals surface area (Å²) in [4.78, 5) is 0. The Balaban J connectivity index is 0.916. The van der Waals surface area contributed by atoms with Crippen molar-refractivity contribution < 1.29 is 0 Å². The van der Waals surface area contributed by atoms with Gasteiger partial charge in [-0.3, -0.25) is 0 Å². The second-order valence-corrected chi connectivity index (χ2v) is 18.8. The van der Waals surface area contributed by atoms with Gasteiger partial charge < -0.3 is 9.13 Å². The number of fused-ring (bicyclic) bond motifs is 12. The van der Waals surface area contributed by atoms with Crippen molar-refractivity contribution in [1.82, 2.24) is 9.13 Å². The van der Waals surface area contributed by atoms with Gasteiger partial charge >= 0.3 is 0 Å². The standard InChI is InChI=1S/C64H44N2/c1-63(2)55-25-13-9-21-47(55)51-39-45(31-33-56(51)63)65-59-27-15-11-23-49(59)53-37-41(29-35-61(53)65)42-30-36-62-54(38-42)50-24-12-16-28-60(50)66(62)46-32-34-58-52(40-46)48-22-10-14-26-57(48)64(58,43-17-5-3-6-18-43)44-19-7-4-8-20-44/h3-40H,1-2H3. The van der Waals surface area contributed by atoms with Gasteiger partial charge in [0.2, 0.25) is 0 Å². The Hall–Kier alpha value is -8.20. The number of rotatable bonds is 5. The van der Waals surface area contributed by atoms with Crippen molar-refractivity contribution in [3.63, 3.8) is 0 Å². The summed E-state index contributed by atoms with van der Waals surface area (Å²) < 4.78 is 4.92. The van der Waals surface area contributed by atoms with Gasteiger partial charge in [0.25, 0.3) is 0 Å². The van der Waals surface area contributed by atoms with Crippen LogP contribution in [0.4, 0.5) is 0 Å². The summed E-state index contributed by atoms with van der Waals surface area (Å²) in [6.45, 7) is 4.70. The molecular weight excluding hydrogens is 797 g/mol. The molecule has 0 bridgehead atoms. The lowest BCUT2D eigenvalue weighted by Gasteiger charge is -2.33. The second-order valence-electron chi connectivity index (χ2n) is 18.8. The van der Waals surface area contributed by atoms with Crippen LogP contribution in [0.1, 0.15) is 47.2 Å². The minimum absolute atomic E-state index is 0.0287. The number of benzene rings is 10. The fourth-order valence-electron chi connectivity index (χ4n) is 12.3. The maximum atomic E-state index is 2.47. The first kappa shape index (κ1) is 37.2. The molecule has 0 saturated carbocycles. The van der Waals surface area contributed by atoms with Crippen molar-refractivity contribution in [3.8, 4) is 44.8 Å². The molecule has 0 saturated heterocycles. The van der Waals surface area contributed by atoms with Gasteiger partial charge in [-0.05, 0) is 127 Å². The Morgan fingerprint density at radius 3 is 1.24 bits per heavy atom. The van der Waals surface area contributed by atoms with Gasteiger partial charge in [-0.1, -0.05) is 184 Å². The Morgan fingerprint density at radius 2 is 0.682 bits per heavy atom. The van der Waals surface area contributed by atoms with Crippen LogP contribution >= 0.6 is 0 Å². The van der Waals surface area contributed by atoms with E-state index in [1.54, 1.807) is 0 Å². The maximum absolute atomic E-state index is 2.47. The van der Waals surface area contributed by atoms with Crippen molar-refractivity contribution in [1.29, 1.82) is 0 Å². The molecule has 0 atom stereocenters. The van der Waals surface area contributed by atoms with Crippen molar-refractivity contribution in [2.24, 2.45) is 0 Å². The van der Waals surface area contributed by atoms with E-state index in [0.717, 1.165) is 5.69 Å². The van der Waals surface area contributed by atoms with Gasteiger partial charge in [0, 0.05) is 38.3 Å². The lowest BCUT2D eigenvalue weighted by atomic mass is 9.68. The first-order valence-electron chi connectivity index (χ1n) is 23.2. The van der Waals surface area contributed by atoms with Crippen LogP contribution in [0.3, 0.4) is 0 Å². The monoisotopic (exact) mass is 840 g/mol. The van der Waals surface area contributed by atoms with E-state index < -0.39 is 5.41 Å². The second kappa shape index (κ2) is 13.7. The van der Waals surface area contributed by atoms with Gasteiger partial charge in [-0.15, -0.1) is 0 Å². The Bertz CT molecular complexity index is 3920. The molecule has 310 valence electrons. The SMILES string of the molecule is CC1(C)c2ccccc2-c2cc(-n3c4ccccc4c4cc(-c5ccc6c(c5)c5ccccc5n6-c5ccc6c(c5)-c5ccccc5C6(c5ccccc5)c5ccccc5)ccc43)ccc21. The molecule has 0 aliphatic heterocycles. The summed E-state index contributed by atoms with van der Waals surface area (Å²) in [6.07, 6.45) is 0. The summed E-state index contributed by atoms with van der Waals surface area (Å²) in [6, 6.07) is 86.2. The average molecular weight is 841 g/mol. The van der Waals surface area contributed by atoms with Crippen LogP contribution in [0, 0.1) is 0 Å². The highest BCUT2D eigenvalue weighted by Gasteiger charge is 2.46. The fourth-order valence-corrected chi connectivity index (χ4v) is 12.3. The highest BCUT2D eigenvalue weighted by atomic mass is 15.0. The molecule has 2 aliphatic carbocycles. The molecular formula is C64H44N2. The quantitative estimate of drug-likeness (QED) is 0.163. The topological polar surface area (TPSA) is 9.86 Å². The van der Waals surface area contributed by atoms with E-state index in [4.69, 9.17) is 0 Å². The summed E-state index contributed by atoms with van der Waals surface area (Å²) >= 11 is 0. The molecule has 2 aliphatic rings. The van der Waals surface area contributed by atoms with Gasteiger partial charge in [-0.25, -0.2) is 0 Å². The van der Waals surface area contributed by atoms with E-state index in [1.807, 2.05) is 0 Å².